The second-order valence-corrected chi connectivity index (χ2v) is 5.08. The first-order chi connectivity index (χ1) is 12.1. The number of nitrogens with zero attached hydrogens (tertiary/aromatic N) is 2. The highest BCUT2D eigenvalue weighted by Gasteiger charge is 2.24. The number of benzene rings is 2. The fourth-order valence-corrected chi connectivity index (χ4v) is 2.11. The van der Waals surface area contributed by atoms with Crippen LogP contribution in [0.3, 0.4) is 0 Å². The quantitative estimate of drug-likeness (QED) is 0.286. The van der Waals surface area contributed by atoms with Gasteiger partial charge in [0.05, 0.1) is 5.56 Å². The monoisotopic (exact) mass is 337 g/mol. The minimum Gasteiger partial charge on any atom is -0.373 e. The number of amides is 1. The summed E-state index contributed by atoms with van der Waals surface area (Å²) in [7, 11) is 0. The van der Waals surface area contributed by atoms with Crippen LogP contribution in [-0.4, -0.2) is 34.9 Å². The Morgan fingerprint density at radius 3 is 2.24 bits per heavy atom. The van der Waals surface area contributed by atoms with Gasteiger partial charge in [-0.2, -0.15) is 4.79 Å². The molecule has 25 heavy (non-hydrogen) atoms. The molecular formula is C18H15N3O4. The number of rotatable bonds is 6. The first kappa shape index (κ1) is 17.8. The average molecular weight is 337 g/mol. The van der Waals surface area contributed by atoms with Gasteiger partial charge >= 0.3 is 18.3 Å². The largest absolute Gasteiger partial charge is 0.415 e. The van der Waals surface area contributed by atoms with Crippen LogP contribution in [0.2, 0.25) is 0 Å². The van der Waals surface area contributed by atoms with Crippen LogP contribution in [0.1, 0.15) is 15.9 Å². The molecule has 0 fully saturated rings. The molecule has 1 amide bonds. The summed E-state index contributed by atoms with van der Waals surface area (Å²) in [6, 6.07) is 15.9. The smallest absolute Gasteiger partial charge is 0.373 e. The van der Waals surface area contributed by atoms with E-state index in [1.165, 1.54) is 12.1 Å². The van der Waals surface area contributed by atoms with E-state index in [4.69, 9.17) is 5.53 Å². The van der Waals surface area contributed by atoms with Crippen LogP contribution < -0.4 is 5.32 Å². The van der Waals surface area contributed by atoms with E-state index in [-0.39, 0.29) is 12.0 Å². The molecule has 1 atom stereocenters. The number of esters is 1. The summed E-state index contributed by atoms with van der Waals surface area (Å²) in [4.78, 5) is 38.4. The molecule has 2 aromatic carbocycles. The highest BCUT2D eigenvalue weighted by atomic mass is 16.6. The maximum atomic E-state index is 12.0. The normalized spacial score (nSPS) is 10.9. The Morgan fingerprint density at radius 2 is 1.64 bits per heavy atom. The highest BCUT2D eigenvalue weighted by molar-refractivity contribution is 6.28. The van der Waals surface area contributed by atoms with Crippen molar-refractivity contribution in [1.82, 2.24) is 5.32 Å². The van der Waals surface area contributed by atoms with Gasteiger partial charge in [0.25, 0.3) is 5.78 Å². The number of carbonyl (C=O) groups is 3. The van der Waals surface area contributed by atoms with Crippen molar-refractivity contribution >= 4 is 24.1 Å². The molecule has 0 aliphatic rings. The summed E-state index contributed by atoms with van der Waals surface area (Å²) in [5.41, 5.74) is 9.52. The fraction of sp³-hybridized carbons (Fsp3) is 0.111. The number of Topliss-reactive ketones (excluding diaryl/α,β-unsaturated/α-hetero) is 1. The number of ketones is 1. The Balaban J connectivity index is 2.05. The minimum absolute atomic E-state index is 0.153. The summed E-state index contributed by atoms with van der Waals surface area (Å²) in [6.07, 6.45) is -0.220. The lowest BCUT2D eigenvalue weighted by atomic mass is 10.0. The first-order valence-corrected chi connectivity index (χ1v) is 7.43. The third-order valence-electron chi connectivity index (χ3n) is 3.30. The van der Waals surface area contributed by atoms with Gasteiger partial charge in [0.1, 0.15) is 6.04 Å². The molecule has 0 spiro atoms. The molecule has 0 heterocycles. The molecule has 2 rings (SSSR count). The lowest BCUT2D eigenvalue weighted by Crippen LogP contribution is -2.44. The third kappa shape index (κ3) is 5.53. The van der Waals surface area contributed by atoms with E-state index in [1.54, 1.807) is 42.5 Å². The Bertz CT molecular complexity index is 800. The van der Waals surface area contributed by atoms with Crippen molar-refractivity contribution < 1.29 is 23.9 Å². The fourth-order valence-electron chi connectivity index (χ4n) is 2.11. The molecular weight excluding hydrogens is 322 g/mol. The molecule has 0 radical (unpaired) electrons. The van der Waals surface area contributed by atoms with Gasteiger partial charge in [-0.15, -0.1) is 0 Å². The Hall–Kier alpha value is -3.57. The molecule has 0 saturated carbocycles. The second kappa shape index (κ2) is 8.90. The van der Waals surface area contributed by atoms with Crippen LogP contribution >= 0.6 is 0 Å². The van der Waals surface area contributed by atoms with Crippen LogP contribution in [0.25, 0.3) is 5.53 Å². The SMILES string of the molecule is [N-]=[N+]=CC(=O)[C@H](Cc1ccccc1)NC(=O)OC(=O)c1ccccc1. The predicted octanol–water partition coefficient (Wildman–Crippen LogP) is 2.03. The Kier molecular flexibility index (Phi) is 6.33. The summed E-state index contributed by atoms with van der Waals surface area (Å²) < 4.78 is 4.68. The van der Waals surface area contributed by atoms with Crippen molar-refractivity contribution in [1.29, 1.82) is 0 Å². The number of alkyl carbamates (subject to hydrolysis) is 1. The van der Waals surface area contributed by atoms with E-state index in [0.29, 0.717) is 6.21 Å². The molecule has 0 aromatic heterocycles. The van der Waals surface area contributed by atoms with Crippen molar-refractivity contribution in [2.75, 3.05) is 0 Å². The molecule has 2 aromatic rings. The summed E-state index contributed by atoms with van der Waals surface area (Å²) >= 11 is 0. The molecule has 0 aliphatic carbocycles. The molecule has 7 nitrogen and oxygen atoms in total. The number of carbonyl (C=O) groups excluding carboxylic acids is 3. The molecule has 7 heteroatoms. The van der Waals surface area contributed by atoms with Gasteiger partial charge in [0, 0.05) is 6.42 Å². The maximum Gasteiger partial charge on any atom is 0.415 e. The van der Waals surface area contributed by atoms with Gasteiger partial charge < -0.3 is 15.6 Å². The minimum atomic E-state index is -1.06. The van der Waals surface area contributed by atoms with Crippen molar-refractivity contribution in [3.63, 3.8) is 0 Å². The zero-order chi connectivity index (χ0) is 18.1. The van der Waals surface area contributed by atoms with E-state index in [9.17, 15) is 14.4 Å². The zero-order valence-corrected chi connectivity index (χ0v) is 13.2. The summed E-state index contributed by atoms with van der Waals surface area (Å²) in [5.74, 6) is -1.46. The molecule has 0 aliphatic heterocycles. The standard InChI is InChI=1S/C18H15N3O4/c19-20-12-16(22)15(11-13-7-3-1-4-8-13)21-18(24)25-17(23)14-9-5-2-6-10-14/h1-10,12,15H,11H2,(H,21,24)/t15-/m0/s1. The van der Waals surface area contributed by atoms with E-state index >= 15 is 0 Å². The topological polar surface area (TPSA) is 109 Å². The summed E-state index contributed by atoms with van der Waals surface area (Å²) in [5, 5.41) is 2.32. The van der Waals surface area contributed by atoms with E-state index < -0.39 is 23.9 Å². The van der Waals surface area contributed by atoms with Crippen molar-refractivity contribution in [3.05, 3.63) is 77.3 Å². The molecule has 0 saturated heterocycles. The van der Waals surface area contributed by atoms with Crippen molar-refractivity contribution in [2.45, 2.75) is 12.5 Å². The number of hydrogen-bond acceptors (Lipinski definition) is 4. The lowest BCUT2D eigenvalue weighted by molar-refractivity contribution is -0.117. The third-order valence-corrected chi connectivity index (χ3v) is 3.30. The molecule has 0 unspecified atom stereocenters. The number of hydrogen-bond donors (Lipinski definition) is 1. The van der Waals surface area contributed by atoms with Crippen LogP contribution in [-0.2, 0) is 16.0 Å². The molecule has 126 valence electrons. The van der Waals surface area contributed by atoms with Gasteiger partial charge in [-0.1, -0.05) is 48.5 Å². The van der Waals surface area contributed by atoms with Crippen LogP contribution in [0.15, 0.2) is 60.7 Å². The van der Waals surface area contributed by atoms with Crippen molar-refractivity contribution in [3.8, 4) is 0 Å². The van der Waals surface area contributed by atoms with Gasteiger partial charge in [0.2, 0.25) is 0 Å². The molecule has 0 bridgehead atoms. The van der Waals surface area contributed by atoms with Crippen LogP contribution in [0, 0.1) is 0 Å². The van der Waals surface area contributed by atoms with E-state index in [2.05, 4.69) is 14.8 Å². The maximum absolute atomic E-state index is 12.0. The second-order valence-electron chi connectivity index (χ2n) is 5.08. The van der Waals surface area contributed by atoms with Crippen molar-refractivity contribution in [2.24, 2.45) is 0 Å². The Labute approximate surface area is 143 Å². The van der Waals surface area contributed by atoms with E-state index in [1.807, 2.05) is 6.07 Å². The summed E-state index contributed by atoms with van der Waals surface area (Å²) in [6.45, 7) is 0. The average Bonchev–Trinajstić information content (AvgIpc) is 2.63. The number of nitrogens with one attached hydrogen (secondary N) is 1. The highest BCUT2D eigenvalue weighted by Crippen LogP contribution is 2.05. The van der Waals surface area contributed by atoms with Crippen LogP contribution in [0.5, 0.6) is 0 Å². The van der Waals surface area contributed by atoms with E-state index in [0.717, 1.165) is 5.56 Å². The molecule has 1 N–H and O–H groups in total. The van der Waals surface area contributed by atoms with Gasteiger partial charge in [-0.05, 0) is 17.7 Å². The van der Waals surface area contributed by atoms with Gasteiger partial charge in [0.15, 0.2) is 0 Å². The lowest BCUT2D eigenvalue weighted by Gasteiger charge is -2.14. The van der Waals surface area contributed by atoms with Gasteiger partial charge in [-0.3, -0.25) is 4.79 Å². The first-order valence-electron chi connectivity index (χ1n) is 7.43. The van der Waals surface area contributed by atoms with Crippen LogP contribution in [0.4, 0.5) is 4.79 Å². The zero-order valence-electron chi connectivity index (χ0n) is 13.2. The van der Waals surface area contributed by atoms with Gasteiger partial charge in [-0.25, -0.2) is 9.59 Å². The number of ether oxygens (including phenoxy) is 1. The predicted molar refractivity (Wildman–Crippen MR) is 89.0 cm³/mol. The Morgan fingerprint density at radius 1 is 1.04 bits per heavy atom.